The largest absolute Gasteiger partial charge is 0.476 e. The molecule has 16 heavy (non-hydrogen) atoms. The summed E-state index contributed by atoms with van der Waals surface area (Å²) in [5.41, 5.74) is 2.59. The fraction of sp³-hybridized carbons (Fsp3) is 0.0769. The van der Waals surface area contributed by atoms with Crippen molar-refractivity contribution < 1.29 is 9.90 Å². The summed E-state index contributed by atoms with van der Waals surface area (Å²) < 4.78 is 0. The molecule has 1 aromatic heterocycles. The van der Waals surface area contributed by atoms with Gasteiger partial charge in [0.25, 0.3) is 0 Å². The first-order valence-corrected chi connectivity index (χ1v) is 4.94. The van der Waals surface area contributed by atoms with Crippen LogP contribution >= 0.6 is 0 Å². The van der Waals surface area contributed by atoms with Crippen molar-refractivity contribution >= 4 is 5.97 Å². The zero-order chi connectivity index (χ0) is 11.5. The number of hydrogen-bond acceptors (Lipinski definition) is 2. The van der Waals surface area contributed by atoms with Crippen molar-refractivity contribution in [3.8, 4) is 11.1 Å². The summed E-state index contributed by atoms with van der Waals surface area (Å²) in [4.78, 5) is 15.0. The van der Waals surface area contributed by atoms with Crippen LogP contribution in [0, 0.1) is 6.92 Å². The quantitative estimate of drug-likeness (QED) is 0.834. The molecule has 0 saturated heterocycles. The lowest BCUT2D eigenvalue weighted by Gasteiger charge is -2.08. The monoisotopic (exact) mass is 213 g/mol. The molecule has 0 aliphatic rings. The third-order valence-corrected chi connectivity index (χ3v) is 2.42. The Morgan fingerprint density at radius 3 is 2.50 bits per heavy atom. The number of carboxylic acids is 1. The molecule has 0 unspecified atom stereocenters. The Labute approximate surface area is 93.4 Å². The number of rotatable bonds is 2. The van der Waals surface area contributed by atoms with E-state index in [4.69, 9.17) is 5.11 Å². The second kappa shape index (κ2) is 4.14. The van der Waals surface area contributed by atoms with E-state index in [1.807, 2.05) is 43.3 Å². The SMILES string of the molecule is Cc1ccnc(C(=O)O)c1-c1ccccc1. The van der Waals surface area contributed by atoms with Gasteiger partial charge in [0.05, 0.1) is 0 Å². The van der Waals surface area contributed by atoms with Crippen LogP contribution in [0.5, 0.6) is 0 Å². The highest BCUT2D eigenvalue weighted by atomic mass is 16.4. The molecule has 3 nitrogen and oxygen atoms in total. The maximum Gasteiger partial charge on any atom is 0.355 e. The molecule has 0 radical (unpaired) electrons. The number of nitrogens with zero attached hydrogens (tertiary/aromatic N) is 1. The lowest BCUT2D eigenvalue weighted by molar-refractivity contribution is 0.0691. The molecule has 1 aromatic carbocycles. The smallest absolute Gasteiger partial charge is 0.355 e. The standard InChI is InChI=1S/C13H11NO2/c1-9-7-8-14-12(13(15)16)11(9)10-5-3-2-4-6-10/h2-8H,1H3,(H,15,16). The lowest BCUT2D eigenvalue weighted by atomic mass is 9.99. The molecular weight excluding hydrogens is 202 g/mol. The second-order valence-electron chi connectivity index (χ2n) is 3.52. The summed E-state index contributed by atoms with van der Waals surface area (Å²) >= 11 is 0. The average Bonchev–Trinajstić information content (AvgIpc) is 2.29. The van der Waals surface area contributed by atoms with Crippen molar-refractivity contribution in [3.05, 3.63) is 53.9 Å². The first-order valence-electron chi connectivity index (χ1n) is 4.94. The third-order valence-electron chi connectivity index (χ3n) is 2.42. The van der Waals surface area contributed by atoms with E-state index in [0.717, 1.165) is 11.1 Å². The van der Waals surface area contributed by atoms with Gasteiger partial charge >= 0.3 is 5.97 Å². The van der Waals surface area contributed by atoms with Crippen LogP contribution in [-0.4, -0.2) is 16.1 Å². The van der Waals surface area contributed by atoms with E-state index in [9.17, 15) is 4.79 Å². The number of carbonyl (C=O) groups is 1. The highest BCUT2D eigenvalue weighted by Crippen LogP contribution is 2.25. The summed E-state index contributed by atoms with van der Waals surface area (Å²) in [7, 11) is 0. The van der Waals surface area contributed by atoms with Crippen molar-refractivity contribution in [2.45, 2.75) is 6.92 Å². The van der Waals surface area contributed by atoms with Crippen molar-refractivity contribution in [1.82, 2.24) is 4.98 Å². The zero-order valence-corrected chi connectivity index (χ0v) is 8.84. The molecule has 0 fully saturated rings. The van der Waals surface area contributed by atoms with Gasteiger partial charge in [-0.1, -0.05) is 30.3 Å². The summed E-state index contributed by atoms with van der Waals surface area (Å²) in [6.07, 6.45) is 1.52. The van der Waals surface area contributed by atoms with Gasteiger partial charge in [-0.05, 0) is 24.1 Å². The first-order chi connectivity index (χ1) is 7.70. The van der Waals surface area contributed by atoms with E-state index in [0.29, 0.717) is 5.56 Å². The summed E-state index contributed by atoms with van der Waals surface area (Å²) in [5, 5.41) is 9.09. The van der Waals surface area contributed by atoms with Gasteiger partial charge in [0.2, 0.25) is 0 Å². The molecule has 80 valence electrons. The van der Waals surface area contributed by atoms with Gasteiger partial charge in [-0.3, -0.25) is 0 Å². The molecule has 1 N–H and O–H groups in total. The topological polar surface area (TPSA) is 50.2 Å². The molecule has 0 aliphatic heterocycles. The van der Waals surface area contributed by atoms with Crippen LogP contribution in [0.15, 0.2) is 42.6 Å². The second-order valence-corrected chi connectivity index (χ2v) is 3.52. The Hall–Kier alpha value is -2.16. The van der Waals surface area contributed by atoms with Crippen LogP contribution in [0.25, 0.3) is 11.1 Å². The average molecular weight is 213 g/mol. The maximum absolute atomic E-state index is 11.1. The predicted molar refractivity (Wildman–Crippen MR) is 61.4 cm³/mol. The third kappa shape index (κ3) is 1.80. The van der Waals surface area contributed by atoms with Crippen LogP contribution in [0.3, 0.4) is 0 Å². The van der Waals surface area contributed by atoms with Gasteiger partial charge in [0.15, 0.2) is 5.69 Å². The number of benzene rings is 1. The fourth-order valence-electron chi connectivity index (χ4n) is 1.69. The normalized spacial score (nSPS) is 10.1. The van der Waals surface area contributed by atoms with Crippen LogP contribution in [-0.2, 0) is 0 Å². The van der Waals surface area contributed by atoms with E-state index in [1.54, 1.807) is 0 Å². The van der Waals surface area contributed by atoms with E-state index in [-0.39, 0.29) is 5.69 Å². The van der Waals surface area contributed by atoms with E-state index >= 15 is 0 Å². The molecule has 3 heteroatoms. The van der Waals surface area contributed by atoms with Crippen molar-refractivity contribution in [2.24, 2.45) is 0 Å². The first kappa shape index (κ1) is 10.4. The molecule has 1 heterocycles. The minimum Gasteiger partial charge on any atom is -0.476 e. The maximum atomic E-state index is 11.1. The minimum absolute atomic E-state index is 0.103. The predicted octanol–water partition coefficient (Wildman–Crippen LogP) is 2.76. The molecule has 0 spiro atoms. The number of pyridine rings is 1. The highest BCUT2D eigenvalue weighted by Gasteiger charge is 2.14. The molecule has 0 atom stereocenters. The molecule has 0 saturated carbocycles. The molecule has 0 bridgehead atoms. The van der Waals surface area contributed by atoms with Crippen LogP contribution in [0.2, 0.25) is 0 Å². The van der Waals surface area contributed by atoms with Gasteiger partial charge in [-0.15, -0.1) is 0 Å². The molecular formula is C13H11NO2. The minimum atomic E-state index is -0.998. The zero-order valence-electron chi connectivity index (χ0n) is 8.84. The van der Waals surface area contributed by atoms with Crippen molar-refractivity contribution in [2.75, 3.05) is 0 Å². The number of aromatic carboxylic acids is 1. The van der Waals surface area contributed by atoms with Crippen LogP contribution < -0.4 is 0 Å². The fourth-order valence-corrected chi connectivity index (χ4v) is 1.69. The Morgan fingerprint density at radius 1 is 1.19 bits per heavy atom. The number of aromatic nitrogens is 1. The summed E-state index contributed by atoms with van der Waals surface area (Å²) in [6, 6.07) is 11.2. The Morgan fingerprint density at radius 2 is 1.88 bits per heavy atom. The van der Waals surface area contributed by atoms with Gasteiger partial charge in [0, 0.05) is 11.8 Å². The lowest BCUT2D eigenvalue weighted by Crippen LogP contribution is -2.04. The van der Waals surface area contributed by atoms with E-state index in [2.05, 4.69) is 4.98 Å². The number of carboxylic acid groups (broad SMARTS) is 1. The molecule has 2 rings (SSSR count). The van der Waals surface area contributed by atoms with Crippen molar-refractivity contribution in [3.63, 3.8) is 0 Å². The van der Waals surface area contributed by atoms with Gasteiger partial charge in [-0.2, -0.15) is 0 Å². The van der Waals surface area contributed by atoms with E-state index < -0.39 is 5.97 Å². The summed E-state index contributed by atoms with van der Waals surface area (Å²) in [6.45, 7) is 1.89. The van der Waals surface area contributed by atoms with Gasteiger partial charge in [0.1, 0.15) is 0 Å². The number of hydrogen-bond donors (Lipinski definition) is 1. The van der Waals surface area contributed by atoms with E-state index in [1.165, 1.54) is 6.20 Å². The Balaban J connectivity index is 2.68. The van der Waals surface area contributed by atoms with Crippen molar-refractivity contribution in [1.29, 1.82) is 0 Å². The number of aryl methyl sites for hydroxylation is 1. The molecule has 0 amide bonds. The highest BCUT2D eigenvalue weighted by molar-refractivity contribution is 5.94. The van der Waals surface area contributed by atoms with Gasteiger partial charge < -0.3 is 5.11 Å². The Kier molecular flexibility index (Phi) is 2.68. The van der Waals surface area contributed by atoms with Crippen LogP contribution in [0.4, 0.5) is 0 Å². The Bertz CT molecular complexity index is 521. The van der Waals surface area contributed by atoms with Crippen LogP contribution in [0.1, 0.15) is 16.1 Å². The molecule has 0 aliphatic carbocycles. The summed E-state index contributed by atoms with van der Waals surface area (Å²) in [5.74, 6) is -0.998. The molecule has 2 aromatic rings. The van der Waals surface area contributed by atoms with Gasteiger partial charge in [-0.25, -0.2) is 9.78 Å².